The summed E-state index contributed by atoms with van der Waals surface area (Å²) in [4.78, 5) is 0. The molecule has 0 amide bonds. The van der Waals surface area contributed by atoms with E-state index in [-0.39, 0.29) is 57.7 Å². The molecule has 0 spiro atoms. The largest absolute Gasteiger partial charge is 4.00 e. The molecule has 43 heavy (non-hydrogen) atoms. The van der Waals surface area contributed by atoms with Gasteiger partial charge in [-0.2, -0.15) is 0 Å². The average Bonchev–Trinajstić information content (AvgIpc) is 3.58. The van der Waals surface area contributed by atoms with Gasteiger partial charge in [0.2, 0.25) is 0 Å². The van der Waals surface area contributed by atoms with E-state index < -0.39 is 69.3 Å². The first-order chi connectivity index (χ1) is 19.0. The van der Waals surface area contributed by atoms with Gasteiger partial charge in [-0.3, -0.25) is 0 Å². The number of rotatable bonds is 2. The van der Waals surface area contributed by atoms with Crippen molar-refractivity contribution in [3.05, 3.63) is 131 Å². The van der Waals surface area contributed by atoms with Crippen LogP contribution >= 0.6 is 0 Å². The smallest absolute Gasteiger partial charge is 1.00 e. The van der Waals surface area contributed by atoms with Gasteiger partial charge in [-0.1, -0.05) is 69.1 Å². The van der Waals surface area contributed by atoms with Crippen LogP contribution in [0.1, 0.15) is 0 Å². The number of fused-ring (bicyclic) bond motifs is 2. The van der Waals surface area contributed by atoms with Crippen molar-refractivity contribution in [2.45, 2.75) is 0 Å². The van der Waals surface area contributed by atoms with Gasteiger partial charge in [0.15, 0.2) is 34.9 Å². The summed E-state index contributed by atoms with van der Waals surface area (Å²) in [6, 6.07) is 18.9. The first-order valence-electron chi connectivity index (χ1n) is 11.4. The molecule has 0 nitrogen and oxygen atoms in total. The maximum atomic E-state index is 13.8. The van der Waals surface area contributed by atoms with Crippen molar-refractivity contribution in [1.29, 1.82) is 0 Å². The van der Waals surface area contributed by atoms with Gasteiger partial charge in [-0.05, 0) is 11.1 Å². The fourth-order valence-corrected chi connectivity index (χ4v) is 4.42. The van der Waals surface area contributed by atoms with Crippen LogP contribution in [0.2, 0.25) is 0 Å². The first kappa shape index (κ1) is 35.9. The normalized spacial score (nSPS) is 10.5. The number of hydrogen-bond acceptors (Lipinski definition) is 0. The third-order valence-electron chi connectivity index (χ3n) is 6.32. The summed E-state index contributed by atoms with van der Waals surface area (Å²) in [6.45, 7) is 0. The minimum absolute atomic E-state index is 0. The standard InChI is InChI=1S/2C15H6F5.2ClH.Ti/c2*16-11-10(12(17)14(19)15(20)13(11)18)9-6-5-7-3-1-2-4-8(7)9;;;/h2*1-6H;2*1H;/q2*-1;;;+4/p-2. The van der Waals surface area contributed by atoms with Gasteiger partial charge in [0, 0.05) is 0 Å². The van der Waals surface area contributed by atoms with Crippen molar-refractivity contribution in [3.63, 3.8) is 0 Å². The third kappa shape index (κ3) is 6.06. The van der Waals surface area contributed by atoms with Gasteiger partial charge < -0.3 is 24.8 Å². The molecule has 220 valence electrons. The molecule has 0 bridgehead atoms. The molecule has 0 saturated carbocycles. The van der Waals surface area contributed by atoms with E-state index in [1.54, 1.807) is 60.7 Å². The van der Waals surface area contributed by atoms with Gasteiger partial charge in [0.05, 0.1) is 0 Å². The average molecular weight is 681 g/mol. The molecule has 0 radical (unpaired) electrons. The molecule has 0 aliphatic rings. The maximum Gasteiger partial charge on any atom is 4.00 e. The summed E-state index contributed by atoms with van der Waals surface area (Å²) in [5, 5.41) is 2.17. The number of halogens is 12. The molecular formula is C30H12Cl2F10Ti. The van der Waals surface area contributed by atoms with E-state index in [1.165, 1.54) is 12.1 Å². The molecular weight excluding hydrogens is 669 g/mol. The minimum atomic E-state index is -2.15. The van der Waals surface area contributed by atoms with Crippen molar-refractivity contribution in [1.82, 2.24) is 0 Å². The van der Waals surface area contributed by atoms with E-state index in [4.69, 9.17) is 0 Å². The van der Waals surface area contributed by atoms with Gasteiger partial charge in [-0.15, -0.1) is 36.4 Å². The molecule has 0 aromatic heterocycles. The van der Waals surface area contributed by atoms with Crippen molar-refractivity contribution < 1.29 is 90.4 Å². The van der Waals surface area contributed by atoms with Gasteiger partial charge in [0.1, 0.15) is 23.3 Å². The van der Waals surface area contributed by atoms with E-state index >= 15 is 0 Å². The molecule has 6 aromatic rings. The van der Waals surface area contributed by atoms with Crippen molar-refractivity contribution >= 4 is 21.5 Å². The molecule has 6 rings (SSSR count). The third-order valence-corrected chi connectivity index (χ3v) is 6.32. The van der Waals surface area contributed by atoms with Crippen molar-refractivity contribution in [2.24, 2.45) is 0 Å². The summed E-state index contributed by atoms with van der Waals surface area (Å²) >= 11 is 0. The molecule has 0 fully saturated rings. The fraction of sp³-hybridized carbons (Fsp3) is 0. The molecule has 0 aliphatic carbocycles. The van der Waals surface area contributed by atoms with Gasteiger partial charge in [-0.25, -0.2) is 43.9 Å². The van der Waals surface area contributed by atoms with Crippen LogP contribution in [-0.4, -0.2) is 0 Å². The molecule has 6 aromatic carbocycles. The van der Waals surface area contributed by atoms with E-state index in [1.807, 2.05) is 0 Å². The SMILES string of the molecule is Fc1c(F)c(F)c(-[c-]2ccc3ccccc32)c(F)c1F.Fc1c(F)c(F)c(-[c-]2ccc3ccccc32)c(F)c1F.[Cl-].[Cl-].[Ti+4]. The monoisotopic (exact) mass is 680 g/mol. The van der Waals surface area contributed by atoms with Crippen LogP contribution in [0.15, 0.2) is 72.8 Å². The van der Waals surface area contributed by atoms with Gasteiger partial charge >= 0.3 is 21.7 Å². The summed E-state index contributed by atoms with van der Waals surface area (Å²) in [5.41, 5.74) is -1.84. The maximum absolute atomic E-state index is 13.8. The molecule has 0 unspecified atom stereocenters. The zero-order chi connectivity index (χ0) is 28.9. The second-order valence-electron chi connectivity index (χ2n) is 8.56. The predicted octanol–water partition coefficient (Wildman–Crippen LogP) is 3.85. The topological polar surface area (TPSA) is 0 Å². The Labute approximate surface area is 264 Å². The summed E-state index contributed by atoms with van der Waals surface area (Å²) in [5.74, 6) is -19.4. The number of benzene rings is 4. The van der Waals surface area contributed by atoms with Crippen LogP contribution in [0, 0.1) is 58.2 Å². The van der Waals surface area contributed by atoms with Crippen LogP contribution < -0.4 is 24.8 Å². The Morgan fingerprint density at radius 1 is 0.349 bits per heavy atom. The zero-order valence-corrected chi connectivity index (χ0v) is 24.0. The Morgan fingerprint density at radius 3 is 0.907 bits per heavy atom. The molecule has 0 atom stereocenters. The summed E-state index contributed by atoms with van der Waals surface area (Å²) in [7, 11) is 0. The zero-order valence-electron chi connectivity index (χ0n) is 21.0. The van der Waals surface area contributed by atoms with E-state index in [0.717, 1.165) is 0 Å². The van der Waals surface area contributed by atoms with Crippen molar-refractivity contribution in [3.8, 4) is 22.3 Å². The van der Waals surface area contributed by atoms with Crippen molar-refractivity contribution in [2.75, 3.05) is 0 Å². The van der Waals surface area contributed by atoms with Crippen LogP contribution in [0.25, 0.3) is 43.8 Å². The molecule has 0 heterocycles. The predicted molar refractivity (Wildman–Crippen MR) is 130 cm³/mol. The van der Waals surface area contributed by atoms with Crippen LogP contribution in [0.3, 0.4) is 0 Å². The molecule has 0 N–H and O–H groups in total. The minimum Gasteiger partial charge on any atom is -1.00 e. The van der Waals surface area contributed by atoms with Crippen LogP contribution in [0.4, 0.5) is 43.9 Å². The Kier molecular flexibility index (Phi) is 11.7. The Hall–Kier alpha value is -3.31. The number of hydrogen-bond donors (Lipinski definition) is 0. The molecule has 13 heteroatoms. The summed E-state index contributed by atoms with van der Waals surface area (Å²) < 4.78 is 134. The summed E-state index contributed by atoms with van der Waals surface area (Å²) in [6.07, 6.45) is 0. The fourth-order valence-electron chi connectivity index (χ4n) is 4.42. The van der Waals surface area contributed by atoms with E-state index in [9.17, 15) is 43.9 Å². The van der Waals surface area contributed by atoms with Crippen LogP contribution in [0.5, 0.6) is 0 Å². The Balaban J connectivity index is 0.000000281. The Morgan fingerprint density at radius 2 is 0.605 bits per heavy atom. The molecule has 0 aliphatic heterocycles. The second kappa shape index (κ2) is 14.0. The quantitative estimate of drug-likeness (QED) is 0.0858. The first-order valence-corrected chi connectivity index (χ1v) is 11.4. The van der Waals surface area contributed by atoms with E-state index in [0.29, 0.717) is 21.5 Å². The van der Waals surface area contributed by atoms with E-state index in [2.05, 4.69) is 0 Å². The van der Waals surface area contributed by atoms with Crippen LogP contribution in [-0.2, 0) is 21.7 Å². The Bertz CT molecular complexity index is 1730. The second-order valence-corrected chi connectivity index (χ2v) is 8.56. The van der Waals surface area contributed by atoms with Gasteiger partial charge in [0.25, 0.3) is 0 Å². The molecule has 0 saturated heterocycles.